The van der Waals surface area contributed by atoms with E-state index in [0.29, 0.717) is 6.42 Å². The number of esters is 1. The molecule has 1 aromatic heterocycles. The van der Waals surface area contributed by atoms with Crippen LogP contribution in [0.1, 0.15) is 19.8 Å². The standard InChI is InChI=1S/C11H17N3O6S/c1-2-20-11(17)4-3-5-13-21(18,19)9-6-12-14(7-9)8-10(15)16/h6-7,13H,2-5,8H2,1H3,(H,15,16). The van der Waals surface area contributed by atoms with Crippen LogP contribution in [0.4, 0.5) is 0 Å². The lowest BCUT2D eigenvalue weighted by atomic mass is 10.3. The molecule has 0 unspecified atom stereocenters. The number of ether oxygens (including phenoxy) is 1. The normalized spacial score (nSPS) is 11.3. The molecular formula is C11H17N3O6S. The number of aromatic nitrogens is 2. The third kappa shape index (κ3) is 5.92. The average molecular weight is 319 g/mol. The molecule has 118 valence electrons. The predicted molar refractivity (Wildman–Crippen MR) is 70.9 cm³/mol. The lowest BCUT2D eigenvalue weighted by Crippen LogP contribution is -2.25. The Hall–Kier alpha value is -1.94. The zero-order chi connectivity index (χ0) is 15.9. The van der Waals surface area contributed by atoms with Crippen LogP contribution in [-0.2, 0) is 30.9 Å². The molecule has 0 fully saturated rings. The van der Waals surface area contributed by atoms with Gasteiger partial charge in [-0.1, -0.05) is 0 Å². The average Bonchev–Trinajstić information content (AvgIpc) is 2.83. The second kappa shape index (κ2) is 7.74. The Morgan fingerprint density at radius 3 is 2.81 bits per heavy atom. The summed E-state index contributed by atoms with van der Waals surface area (Å²) in [6.07, 6.45) is 2.62. The molecule has 0 aliphatic rings. The SMILES string of the molecule is CCOC(=O)CCCNS(=O)(=O)c1cnn(CC(=O)O)c1. The molecular weight excluding hydrogens is 302 g/mol. The number of aliphatic carboxylic acids is 1. The first-order chi connectivity index (χ1) is 9.85. The summed E-state index contributed by atoms with van der Waals surface area (Å²) in [6.45, 7) is 1.63. The lowest BCUT2D eigenvalue weighted by Gasteiger charge is -2.04. The van der Waals surface area contributed by atoms with E-state index in [-0.39, 0.29) is 30.4 Å². The molecule has 1 rings (SSSR count). The van der Waals surface area contributed by atoms with Gasteiger partial charge in [0.1, 0.15) is 11.4 Å². The first-order valence-electron chi connectivity index (χ1n) is 6.24. The maximum Gasteiger partial charge on any atom is 0.325 e. The highest BCUT2D eigenvalue weighted by Crippen LogP contribution is 2.07. The van der Waals surface area contributed by atoms with E-state index < -0.39 is 22.5 Å². The number of nitrogens with one attached hydrogen (secondary N) is 1. The summed E-state index contributed by atoms with van der Waals surface area (Å²) in [6, 6.07) is 0. The van der Waals surface area contributed by atoms with Crippen molar-refractivity contribution >= 4 is 22.0 Å². The number of carboxylic acid groups (broad SMARTS) is 1. The van der Waals surface area contributed by atoms with E-state index in [2.05, 4.69) is 9.82 Å². The molecule has 0 amide bonds. The van der Waals surface area contributed by atoms with Crippen LogP contribution in [0, 0.1) is 0 Å². The van der Waals surface area contributed by atoms with Crippen molar-refractivity contribution in [1.29, 1.82) is 0 Å². The number of carboxylic acids is 1. The largest absolute Gasteiger partial charge is 0.480 e. The van der Waals surface area contributed by atoms with Gasteiger partial charge in [0.25, 0.3) is 0 Å². The Kier molecular flexibility index (Phi) is 6.31. The van der Waals surface area contributed by atoms with Gasteiger partial charge in [-0.2, -0.15) is 5.10 Å². The van der Waals surface area contributed by atoms with E-state index >= 15 is 0 Å². The fourth-order valence-electron chi connectivity index (χ4n) is 1.46. The minimum Gasteiger partial charge on any atom is -0.480 e. The van der Waals surface area contributed by atoms with Gasteiger partial charge < -0.3 is 9.84 Å². The van der Waals surface area contributed by atoms with Gasteiger partial charge in [-0.05, 0) is 13.3 Å². The van der Waals surface area contributed by atoms with Gasteiger partial charge in [0.2, 0.25) is 10.0 Å². The quantitative estimate of drug-likeness (QED) is 0.467. The van der Waals surface area contributed by atoms with E-state index in [1.165, 1.54) is 0 Å². The predicted octanol–water partition coefficient (Wildman–Crippen LogP) is -0.411. The number of hydrogen-bond acceptors (Lipinski definition) is 6. The third-order valence-corrected chi connectivity index (χ3v) is 3.79. The van der Waals surface area contributed by atoms with Crippen LogP contribution in [0.2, 0.25) is 0 Å². The molecule has 2 N–H and O–H groups in total. The van der Waals surface area contributed by atoms with Crippen molar-refractivity contribution in [2.24, 2.45) is 0 Å². The van der Waals surface area contributed by atoms with Crippen LogP contribution in [0.15, 0.2) is 17.3 Å². The first kappa shape index (κ1) is 17.1. The van der Waals surface area contributed by atoms with Crippen LogP contribution in [-0.4, -0.2) is 48.4 Å². The Morgan fingerprint density at radius 2 is 2.19 bits per heavy atom. The van der Waals surface area contributed by atoms with Crippen molar-refractivity contribution in [3.8, 4) is 0 Å². The van der Waals surface area contributed by atoms with Gasteiger partial charge >= 0.3 is 11.9 Å². The molecule has 9 nitrogen and oxygen atoms in total. The number of carbonyl (C=O) groups is 2. The van der Waals surface area contributed by atoms with Crippen molar-refractivity contribution in [2.75, 3.05) is 13.2 Å². The molecule has 0 spiro atoms. The van der Waals surface area contributed by atoms with Gasteiger partial charge in [-0.25, -0.2) is 13.1 Å². The first-order valence-corrected chi connectivity index (χ1v) is 7.73. The third-order valence-electron chi connectivity index (χ3n) is 2.37. The molecule has 0 aliphatic carbocycles. The van der Waals surface area contributed by atoms with Crippen molar-refractivity contribution in [2.45, 2.75) is 31.2 Å². The maximum absolute atomic E-state index is 11.9. The highest BCUT2D eigenvalue weighted by atomic mass is 32.2. The van der Waals surface area contributed by atoms with Crippen molar-refractivity contribution < 1.29 is 27.9 Å². The van der Waals surface area contributed by atoms with Gasteiger partial charge in [-0.3, -0.25) is 14.3 Å². The monoisotopic (exact) mass is 319 g/mol. The summed E-state index contributed by atoms with van der Waals surface area (Å²) >= 11 is 0. The highest BCUT2D eigenvalue weighted by molar-refractivity contribution is 7.89. The smallest absolute Gasteiger partial charge is 0.325 e. The fraction of sp³-hybridized carbons (Fsp3) is 0.545. The van der Waals surface area contributed by atoms with E-state index in [1.54, 1.807) is 6.92 Å². The van der Waals surface area contributed by atoms with Gasteiger partial charge in [0.05, 0.1) is 12.8 Å². The molecule has 1 heterocycles. The number of sulfonamides is 1. The lowest BCUT2D eigenvalue weighted by molar-refractivity contribution is -0.143. The van der Waals surface area contributed by atoms with Crippen LogP contribution >= 0.6 is 0 Å². The Labute approximate surface area is 121 Å². The van der Waals surface area contributed by atoms with Crippen molar-refractivity contribution in [1.82, 2.24) is 14.5 Å². The number of rotatable bonds is 9. The minimum atomic E-state index is -3.76. The fourth-order valence-corrected chi connectivity index (χ4v) is 2.49. The second-order valence-corrected chi connectivity index (χ2v) is 5.84. The van der Waals surface area contributed by atoms with Gasteiger partial charge in [0.15, 0.2) is 0 Å². The Bertz CT molecular complexity index is 595. The number of carbonyl (C=O) groups excluding carboxylic acids is 1. The summed E-state index contributed by atoms with van der Waals surface area (Å²) < 4.78 is 31.8. The summed E-state index contributed by atoms with van der Waals surface area (Å²) in [4.78, 5) is 21.4. The molecule has 10 heteroatoms. The molecule has 1 aromatic rings. The molecule has 0 saturated carbocycles. The zero-order valence-corrected chi connectivity index (χ0v) is 12.3. The van der Waals surface area contributed by atoms with Crippen molar-refractivity contribution in [3.05, 3.63) is 12.4 Å². The van der Waals surface area contributed by atoms with Crippen molar-refractivity contribution in [3.63, 3.8) is 0 Å². The highest BCUT2D eigenvalue weighted by Gasteiger charge is 2.16. The number of nitrogens with zero attached hydrogens (tertiary/aromatic N) is 2. The second-order valence-electron chi connectivity index (χ2n) is 4.07. The molecule has 21 heavy (non-hydrogen) atoms. The maximum atomic E-state index is 11.9. The summed E-state index contributed by atoms with van der Waals surface area (Å²) in [5.74, 6) is -1.50. The molecule has 0 radical (unpaired) electrons. The van der Waals surface area contributed by atoms with E-state index in [0.717, 1.165) is 17.1 Å². The van der Waals surface area contributed by atoms with Gasteiger partial charge in [-0.15, -0.1) is 0 Å². The van der Waals surface area contributed by atoms with Gasteiger partial charge in [0, 0.05) is 19.2 Å². The Morgan fingerprint density at radius 1 is 1.48 bits per heavy atom. The molecule has 0 aromatic carbocycles. The molecule has 0 aliphatic heterocycles. The van der Waals surface area contributed by atoms with E-state index in [9.17, 15) is 18.0 Å². The van der Waals surface area contributed by atoms with E-state index in [1.807, 2.05) is 0 Å². The zero-order valence-electron chi connectivity index (χ0n) is 11.5. The van der Waals surface area contributed by atoms with Crippen LogP contribution in [0.25, 0.3) is 0 Å². The topological polar surface area (TPSA) is 128 Å². The van der Waals surface area contributed by atoms with Crippen LogP contribution in [0.3, 0.4) is 0 Å². The minimum absolute atomic E-state index is 0.0747. The molecule has 0 saturated heterocycles. The summed E-state index contributed by atoms with van der Waals surface area (Å²) in [5.41, 5.74) is 0. The van der Waals surface area contributed by atoms with Crippen LogP contribution < -0.4 is 4.72 Å². The molecule has 0 bridgehead atoms. The summed E-state index contributed by atoms with van der Waals surface area (Å²) in [5, 5.41) is 12.2. The van der Waals surface area contributed by atoms with E-state index in [4.69, 9.17) is 9.84 Å². The molecule has 0 atom stereocenters. The Balaban J connectivity index is 2.48. The number of hydrogen-bond donors (Lipinski definition) is 2. The van der Waals surface area contributed by atoms with Crippen LogP contribution in [0.5, 0.6) is 0 Å². The summed E-state index contributed by atoms with van der Waals surface area (Å²) in [7, 11) is -3.76.